The van der Waals surface area contributed by atoms with Gasteiger partial charge in [0.2, 0.25) is 10.0 Å². The minimum absolute atomic E-state index is 0.0659. The number of aliphatic hydroxyl groups excluding tert-OH is 1. The van der Waals surface area contributed by atoms with Crippen molar-refractivity contribution in [1.82, 2.24) is 14.2 Å². The number of aryl methyl sites for hydroxylation is 1. The average molecular weight is 393 g/mol. The third kappa shape index (κ3) is 3.81. The number of aromatic carboxylic acids is 1. The Kier molecular flexibility index (Phi) is 5.88. The number of nitrogens with one attached hydrogen (secondary N) is 1. The molecule has 2 atom stereocenters. The third-order valence-corrected chi connectivity index (χ3v) is 5.56. The summed E-state index contributed by atoms with van der Waals surface area (Å²) in [6, 6.07) is -0.873. The van der Waals surface area contributed by atoms with Crippen LogP contribution in [-0.2, 0) is 21.8 Å². The lowest BCUT2D eigenvalue weighted by Crippen LogP contribution is -2.42. The molecule has 146 valence electrons. The number of amides is 1. The second kappa shape index (κ2) is 7.60. The molecule has 1 fully saturated rings. The van der Waals surface area contributed by atoms with Gasteiger partial charge in [-0.05, 0) is 6.92 Å². The topological polar surface area (TPSA) is 138 Å². The number of nitrogens with zero attached hydrogens (tertiary/aromatic N) is 2. The van der Waals surface area contributed by atoms with Gasteiger partial charge in [0.05, 0.1) is 6.61 Å². The maximum atomic E-state index is 14.2. The predicted octanol–water partition coefficient (Wildman–Crippen LogP) is -0.410. The molecule has 1 amide bonds. The molecule has 1 aliphatic heterocycles. The first-order valence-electron chi connectivity index (χ1n) is 7.75. The molecule has 1 aromatic rings. The van der Waals surface area contributed by atoms with Gasteiger partial charge in [0.25, 0.3) is 0 Å². The van der Waals surface area contributed by atoms with Crippen LogP contribution in [0.2, 0.25) is 0 Å². The van der Waals surface area contributed by atoms with E-state index in [-0.39, 0.29) is 19.7 Å². The lowest BCUT2D eigenvalue weighted by Gasteiger charge is -2.17. The summed E-state index contributed by atoms with van der Waals surface area (Å²) in [5.74, 6) is -3.60. The molecule has 0 aromatic carbocycles. The van der Waals surface area contributed by atoms with Crippen molar-refractivity contribution in [2.45, 2.75) is 17.9 Å². The van der Waals surface area contributed by atoms with Gasteiger partial charge in [0.15, 0.2) is 11.5 Å². The maximum absolute atomic E-state index is 14.2. The van der Waals surface area contributed by atoms with E-state index in [0.29, 0.717) is 0 Å². The number of carbonyl (C=O) groups is 2. The summed E-state index contributed by atoms with van der Waals surface area (Å²) in [6.45, 7) is 1.36. The molecule has 12 heteroatoms. The van der Waals surface area contributed by atoms with E-state index in [9.17, 15) is 27.5 Å². The Bertz CT molecular complexity index is 808. The molecule has 10 nitrogen and oxygen atoms in total. The fourth-order valence-corrected chi connectivity index (χ4v) is 4.24. The van der Waals surface area contributed by atoms with Gasteiger partial charge >= 0.3 is 12.1 Å². The highest BCUT2D eigenvalue weighted by Gasteiger charge is 2.39. The van der Waals surface area contributed by atoms with Gasteiger partial charge in [-0.2, -0.15) is 0 Å². The second-order valence-corrected chi connectivity index (χ2v) is 7.53. The zero-order valence-electron chi connectivity index (χ0n) is 14.2. The number of carboxylic acids is 1. The number of aromatic nitrogens is 1. The normalized spacial score (nSPS) is 20.4. The first-order chi connectivity index (χ1) is 12.1. The summed E-state index contributed by atoms with van der Waals surface area (Å²) in [5.41, 5.74) is -0.788. The van der Waals surface area contributed by atoms with Gasteiger partial charge in [-0.25, -0.2) is 27.1 Å². The molecule has 0 aliphatic carbocycles. The Balaban J connectivity index is 2.25. The smallest absolute Gasteiger partial charge is 0.409 e. The zero-order chi connectivity index (χ0) is 19.6. The monoisotopic (exact) mass is 393 g/mol. The molecule has 0 bridgehead atoms. The van der Waals surface area contributed by atoms with Crippen LogP contribution in [0.4, 0.5) is 9.18 Å². The number of halogens is 1. The highest BCUT2D eigenvalue weighted by atomic mass is 32.2. The van der Waals surface area contributed by atoms with Crippen LogP contribution < -0.4 is 4.72 Å². The molecule has 0 spiro atoms. The van der Waals surface area contributed by atoms with Crippen LogP contribution in [0.25, 0.3) is 0 Å². The molecular weight excluding hydrogens is 373 g/mol. The molecule has 1 aromatic heterocycles. The zero-order valence-corrected chi connectivity index (χ0v) is 15.0. The summed E-state index contributed by atoms with van der Waals surface area (Å²) in [7, 11) is -3.20. The Morgan fingerprint density at radius 2 is 2.08 bits per heavy atom. The quantitative estimate of drug-likeness (QED) is 0.597. The third-order valence-electron chi connectivity index (χ3n) is 4.09. The Hall–Kier alpha value is -2.18. The number of likely N-dealkylation sites (tertiary alicyclic amines) is 1. The van der Waals surface area contributed by atoms with E-state index in [0.717, 1.165) is 10.8 Å². The van der Waals surface area contributed by atoms with Gasteiger partial charge < -0.3 is 24.4 Å². The van der Waals surface area contributed by atoms with E-state index in [1.807, 2.05) is 0 Å². The van der Waals surface area contributed by atoms with Crippen molar-refractivity contribution in [3.63, 3.8) is 0 Å². The molecule has 2 unspecified atom stereocenters. The lowest BCUT2D eigenvalue weighted by atomic mass is 10.1. The van der Waals surface area contributed by atoms with Crippen molar-refractivity contribution < 1.29 is 37.3 Å². The van der Waals surface area contributed by atoms with Crippen LogP contribution in [0.5, 0.6) is 0 Å². The van der Waals surface area contributed by atoms with Gasteiger partial charge in [0.1, 0.15) is 4.90 Å². The molecule has 1 saturated heterocycles. The highest BCUT2D eigenvalue weighted by Crippen LogP contribution is 2.23. The average Bonchev–Trinajstić information content (AvgIpc) is 3.08. The first-order valence-corrected chi connectivity index (χ1v) is 9.23. The van der Waals surface area contributed by atoms with E-state index >= 15 is 0 Å². The first kappa shape index (κ1) is 20.1. The van der Waals surface area contributed by atoms with E-state index < -0.39 is 57.1 Å². The molecule has 2 rings (SSSR count). The van der Waals surface area contributed by atoms with Gasteiger partial charge in [-0.15, -0.1) is 0 Å². The summed E-state index contributed by atoms with van der Waals surface area (Å²) < 4.78 is 47.2. The van der Waals surface area contributed by atoms with Crippen LogP contribution >= 0.6 is 0 Å². The molecule has 26 heavy (non-hydrogen) atoms. The van der Waals surface area contributed by atoms with Crippen molar-refractivity contribution in [1.29, 1.82) is 0 Å². The molecule has 2 heterocycles. The molecular formula is C14H20FN3O7S. The number of carboxylic acid groups (broad SMARTS) is 1. The Labute approximate surface area is 149 Å². The number of sulfonamides is 1. The summed E-state index contributed by atoms with van der Waals surface area (Å²) in [5, 5.41) is 18.4. The van der Waals surface area contributed by atoms with Crippen molar-refractivity contribution >= 4 is 22.1 Å². The lowest BCUT2D eigenvalue weighted by molar-refractivity contribution is 0.0680. The summed E-state index contributed by atoms with van der Waals surface area (Å²) >= 11 is 0. The number of rotatable bonds is 6. The van der Waals surface area contributed by atoms with E-state index in [4.69, 9.17) is 9.84 Å². The Morgan fingerprint density at radius 3 is 2.58 bits per heavy atom. The van der Waals surface area contributed by atoms with Crippen molar-refractivity contribution in [2.75, 3.05) is 26.3 Å². The number of carbonyl (C=O) groups excluding carboxylic acids is 1. The van der Waals surface area contributed by atoms with E-state index in [1.54, 1.807) is 6.92 Å². The van der Waals surface area contributed by atoms with Gasteiger partial charge in [0, 0.05) is 44.9 Å². The SMILES string of the molecule is CCOC(=O)N1CC(CO)C(NS(=O)(=O)c2cn(C)c(C(=O)O)c2F)C1. The number of aliphatic hydroxyl groups is 1. The van der Waals surface area contributed by atoms with Crippen LogP contribution in [-0.4, -0.2) is 72.5 Å². The van der Waals surface area contributed by atoms with E-state index in [1.165, 1.54) is 11.9 Å². The van der Waals surface area contributed by atoms with Crippen molar-refractivity contribution in [3.05, 3.63) is 17.7 Å². The van der Waals surface area contributed by atoms with Gasteiger partial charge in [-0.1, -0.05) is 0 Å². The fraction of sp³-hybridized carbons (Fsp3) is 0.571. The number of hydrogen-bond donors (Lipinski definition) is 3. The fourth-order valence-electron chi connectivity index (χ4n) is 2.82. The largest absolute Gasteiger partial charge is 0.476 e. The summed E-state index contributed by atoms with van der Waals surface area (Å²) in [4.78, 5) is 23.2. The van der Waals surface area contributed by atoms with Crippen molar-refractivity contribution in [3.8, 4) is 0 Å². The van der Waals surface area contributed by atoms with Crippen LogP contribution in [0.3, 0.4) is 0 Å². The van der Waals surface area contributed by atoms with Crippen molar-refractivity contribution in [2.24, 2.45) is 13.0 Å². The van der Waals surface area contributed by atoms with Crippen LogP contribution in [0, 0.1) is 11.7 Å². The number of ether oxygens (including phenoxy) is 1. The van der Waals surface area contributed by atoms with Gasteiger partial charge in [-0.3, -0.25) is 0 Å². The van der Waals surface area contributed by atoms with Crippen LogP contribution in [0.1, 0.15) is 17.4 Å². The molecule has 3 N–H and O–H groups in total. The maximum Gasteiger partial charge on any atom is 0.409 e. The minimum Gasteiger partial charge on any atom is -0.476 e. The minimum atomic E-state index is -4.41. The highest BCUT2D eigenvalue weighted by molar-refractivity contribution is 7.89. The molecule has 0 saturated carbocycles. The number of hydrogen-bond acceptors (Lipinski definition) is 6. The second-order valence-electron chi connectivity index (χ2n) is 5.85. The Morgan fingerprint density at radius 1 is 1.42 bits per heavy atom. The predicted molar refractivity (Wildman–Crippen MR) is 85.6 cm³/mol. The molecule has 0 radical (unpaired) electrons. The van der Waals surface area contributed by atoms with Crippen LogP contribution in [0.15, 0.2) is 11.1 Å². The molecule has 1 aliphatic rings. The van der Waals surface area contributed by atoms with E-state index in [2.05, 4.69) is 4.72 Å². The standard InChI is InChI=1S/C14H20FN3O7S/c1-3-25-14(22)18-4-8(7-19)9(5-18)16-26(23,24)10-6-17(2)12(11(10)15)13(20)21/h6,8-9,16,19H,3-5,7H2,1-2H3,(H,20,21). The summed E-state index contributed by atoms with van der Waals surface area (Å²) in [6.07, 6.45) is 0.208.